The molecule has 158 valence electrons. The molecule has 0 radical (unpaired) electrons. The third-order valence-corrected chi connectivity index (χ3v) is 7.76. The molecule has 3 aromatic rings. The van der Waals surface area contributed by atoms with Gasteiger partial charge in [0.25, 0.3) is 0 Å². The highest BCUT2D eigenvalue weighted by molar-refractivity contribution is 14.2. The molecular weight excluding hydrogens is 512 g/mol. The first-order valence-electron chi connectivity index (χ1n) is 9.90. The van der Waals surface area contributed by atoms with E-state index in [1.54, 1.807) is 16.2 Å². The Morgan fingerprint density at radius 1 is 1.13 bits per heavy atom. The summed E-state index contributed by atoms with van der Waals surface area (Å²) in [7, 11) is 2.80. The Hall–Kier alpha value is -1.30. The predicted molar refractivity (Wildman–Crippen MR) is 132 cm³/mol. The molecule has 0 aliphatic carbocycles. The van der Waals surface area contributed by atoms with E-state index in [1.165, 1.54) is 5.69 Å². The minimum Gasteiger partial charge on any atom is -0.481 e. The Bertz CT molecular complexity index is 1070. The first kappa shape index (κ1) is 21.9. The molecule has 1 fully saturated rings. The fourth-order valence-electron chi connectivity index (χ4n) is 3.68. The minimum absolute atomic E-state index is 0.395. The van der Waals surface area contributed by atoms with Crippen molar-refractivity contribution in [2.45, 2.75) is 52.2 Å². The van der Waals surface area contributed by atoms with Gasteiger partial charge in [0.05, 0.1) is 18.3 Å². The molecule has 0 unspecified atom stereocenters. The molecule has 3 aromatic heterocycles. The van der Waals surface area contributed by atoms with Crippen molar-refractivity contribution in [1.82, 2.24) is 13.9 Å². The lowest BCUT2D eigenvalue weighted by Crippen LogP contribution is -2.41. The maximum atomic E-state index is 6.26. The number of halogens is 1. The number of ether oxygens (including phenoxy) is 1. The van der Waals surface area contributed by atoms with Gasteiger partial charge in [-0.15, -0.1) is 0 Å². The Morgan fingerprint density at radius 3 is 2.37 bits per heavy atom. The van der Waals surface area contributed by atoms with Crippen molar-refractivity contribution in [3.8, 4) is 17.0 Å². The van der Waals surface area contributed by atoms with Crippen LogP contribution in [0.3, 0.4) is 0 Å². The van der Waals surface area contributed by atoms with Crippen molar-refractivity contribution in [1.29, 1.82) is 0 Å². The lowest BCUT2D eigenvalue weighted by atomic mass is 9.79. The Labute approximate surface area is 194 Å². The number of methoxy groups -OCH3 is 1. The number of nitrogens with zero attached hydrogens (tertiary/aromatic N) is 3. The number of aromatic nitrogens is 3. The zero-order chi connectivity index (χ0) is 21.7. The van der Waals surface area contributed by atoms with Crippen molar-refractivity contribution in [3.63, 3.8) is 0 Å². The highest BCUT2D eigenvalue weighted by Crippen LogP contribution is 2.40. The Balaban J connectivity index is 1.88. The van der Waals surface area contributed by atoms with Crippen LogP contribution in [0.5, 0.6) is 5.88 Å². The molecular formula is C21H25BIN3O3S. The maximum Gasteiger partial charge on any atom is 0.496 e. The first-order chi connectivity index (χ1) is 14.2. The maximum absolute atomic E-state index is 6.26. The van der Waals surface area contributed by atoms with Crippen LogP contribution in [0.4, 0.5) is 0 Å². The van der Waals surface area contributed by atoms with Gasteiger partial charge < -0.3 is 14.0 Å². The highest BCUT2D eigenvalue weighted by atomic mass is 127. The Morgan fingerprint density at radius 2 is 1.83 bits per heavy atom. The van der Waals surface area contributed by atoms with Crippen LogP contribution in [0.1, 0.15) is 40.3 Å². The van der Waals surface area contributed by atoms with Gasteiger partial charge in [0.2, 0.25) is 5.88 Å². The fraction of sp³-hybridized carbons (Fsp3) is 0.429. The van der Waals surface area contributed by atoms with E-state index < -0.39 is 18.3 Å². The van der Waals surface area contributed by atoms with Crippen LogP contribution in [0.25, 0.3) is 22.2 Å². The molecule has 9 heteroatoms. The van der Waals surface area contributed by atoms with Gasteiger partial charge in [-0.25, -0.2) is 9.97 Å². The summed E-state index contributed by atoms with van der Waals surface area (Å²) in [6, 6.07) is 6.08. The van der Waals surface area contributed by atoms with Gasteiger partial charge in [-0.3, -0.25) is 3.97 Å². The van der Waals surface area contributed by atoms with E-state index in [4.69, 9.17) is 19.0 Å². The van der Waals surface area contributed by atoms with Gasteiger partial charge in [0, 0.05) is 76.5 Å². The molecule has 0 aromatic carbocycles. The number of pyridine rings is 2. The van der Waals surface area contributed by atoms with Gasteiger partial charge in [0.15, 0.2) is 5.65 Å². The van der Waals surface area contributed by atoms with E-state index >= 15 is 0 Å². The molecule has 0 bridgehead atoms. The molecule has 1 aliphatic heterocycles. The second kappa shape index (κ2) is 8.00. The molecule has 1 saturated heterocycles. The lowest BCUT2D eigenvalue weighted by molar-refractivity contribution is 0.00578. The largest absolute Gasteiger partial charge is 0.496 e. The van der Waals surface area contributed by atoms with Crippen molar-refractivity contribution in [2.24, 2.45) is 0 Å². The second-order valence-corrected chi connectivity index (χ2v) is 10.0. The van der Waals surface area contributed by atoms with E-state index in [0.29, 0.717) is 5.88 Å². The summed E-state index contributed by atoms with van der Waals surface area (Å²) < 4.78 is 19.9. The van der Waals surface area contributed by atoms with Crippen LogP contribution in [0.2, 0.25) is 0 Å². The number of hydrogen-bond acceptors (Lipinski definition) is 6. The zero-order valence-electron chi connectivity index (χ0n) is 18.0. The van der Waals surface area contributed by atoms with Crippen LogP contribution in [-0.2, 0) is 15.7 Å². The van der Waals surface area contributed by atoms with Crippen LogP contribution < -0.4 is 10.2 Å². The number of fused-ring (bicyclic) bond motifs is 1. The predicted octanol–water partition coefficient (Wildman–Crippen LogP) is 4.81. The topological polar surface area (TPSA) is 58.4 Å². The molecule has 0 saturated carbocycles. The standard InChI is InChI=1S/C21H25BIN3O3S/c1-7-16-18(13-8-9-17(27-6)24-11-13)15-10-14(12-25-19(15)26(16)30-23)22-28-20(2,3)21(4,5)29-22/h8-12H,7H2,1-6H3. The zero-order valence-corrected chi connectivity index (χ0v) is 21.0. The number of rotatable bonds is 5. The molecule has 6 nitrogen and oxygen atoms in total. The van der Waals surface area contributed by atoms with Crippen LogP contribution in [0, 0.1) is 0 Å². The summed E-state index contributed by atoms with van der Waals surface area (Å²) >= 11 is 2.30. The quantitative estimate of drug-likeness (QED) is 0.344. The minimum atomic E-state index is -0.450. The SMILES string of the molecule is CCc1c(-c2ccc(OC)nc2)c2cc(B3OC(C)(C)C(C)(C)O3)cnc2n1SI. The molecule has 30 heavy (non-hydrogen) atoms. The van der Waals surface area contributed by atoms with Crippen LogP contribution in [-0.4, -0.2) is 39.4 Å². The fourth-order valence-corrected chi connectivity index (χ4v) is 5.47. The first-order valence-corrected chi connectivity index (χ1v) is 13.2. The van der Waals surface area contributed by atoms with Gasteiger partial charge in [-0.2, -0.15) is 0 Å². The molecule has 1 aliphatic rings. The van der Waals surface area contributed by atoms with Crippen molar-refractivity contribution in [3.05, 3.63) is 36.3 Å². The summed E-state index contributed by atoms with van der Waals surface area (Å²) in [6.45, 7) is 10.4. The van der Waals surface area contributed by atoms with Gasteiger partial charge in [-0.1, -0.05) is 6.92 Å². The van der Waals surface area contributed by atoms with E-state index in [0.717, 1.165) is 34.0 Å². The van der Waals surface area contributed by atoms with Gasteiger partial charge in [-0.05, 0) is 46.2 Å². The molecule has 4 heterocycles. The summed E-state index contributed by atoms with van der Waals surface area (Å²) in [4.78, 5) is 9.23. The molecule has 4 rings (SSSR count). The second-order valence-electron chi connectivity index (χ2n) is 8.36. The normalized spacial score (nSPS) is 17.6. The third-order valence-electron chi connectivity index (χ3n) is 6.05. The van der Waals surface area contributed by atoms with Crippen molar-refractivity contribution in [2.75, 3.05) is 7.11 Å². The van der Waals surface area contributed by atoms with Crippen molar-refractivity contribution < 1.29 is 14.0 Å². The summed E-state index contributed by atoms with van der Waals surface area (Å²) in [6.07, 6.45) is 4.60. The van der Waals surface area contributed by atoms with Crippen molar-refractivity contribution >= 4 is 53.9 Å². The smallest absolute Gasteiger partial charge is 0.481 e. The summed E-state index contributed by atoms with van der Waals surface area (Å²) in [5, 5.41) is 1.06. The monoisotopic (exact) mass is 537 g/mol. The highest BCUT2D eigenvalue weighted by Gasteiger charge is 2.51. The summed E-state index contributed by atoms with van der Waals surface area (Å²) in [5.41, 5.74) is 4.43. The average molecular weight is 537 g/mol. The third kappa shape index (κ3) is 3.53. The van der Waals surface area contributed by atoms with E-state index in [2.05, 4.69) is 70.8 Å². The Kier molecular flexibility index (Phi) is 5.84. The van der Waals surface area contributed by atoms with Crippen LogP contribution >= 0.6 is 30.3 Å². The molecule has 0 spiro atoms. The lowest BCUT2D eigenvalue weighted by Gasteiger charge is -2.32. The van der Waals surface area contributed by atoms with E-state index in [1.807, 2.05) is 24.5 Å². The van der Waals surface area contributed by atoms with Gasteiger partial charge in [0.1, 0.15) is 0 Å². The van der Waals surface area contributed by atoms with Crippen LogP contribution in [0.15, 0.2) is 30.6 Å². The molecule has 0 atom stereocenters. The van der Waals surface area contributed by atoms with E-state index in [9.17, 15) is 0 Å². The van der Waals surface area contributed by atoms with E-state index in [-0.39, 0.29) is 0 Å². The molecule has 0 N–H and O–H groups in total. The number of hydrogen-bond donors (Lipinski definition) is 0. The summed E-state index contributed by atoms with van der Waals surface area (Å²) in [5.74, 6) is 0.597. The average Bonchev–Trinajstić information content (AvgIpc) is 3.16. The van der Waals surface area contributed by atoms with Gasteiger partial charge >= 0.3 is 7.12 Å². The molecule has 0 amide bonds.